The van der Waals surface area contributed by atoms with Gasteiger partial charge in [-0.3, -0.25) is 4.79 Å². The number of hydrogen-bond acceptors (Lipinski definition) is 5. The minimum atomic E-state index is -0.473. The summed E-state index contributed by atoms with van der Waals surface area (Å²) in [6.07, 6.45) is 6.68. The van der Waals surface area contributed by atoms with Crippen LogP contribution in [-0.2, 0) is 0 Å². The average molecular weight is 614 g/mol. The predicted molar refractivity (Wildman–Crippen MR) is 184 cm³/mol. The molecule has 0 radical (unpaired) electrons. The SMILES string of the molecule is CCCCCCCCN(C(=O)c1ccc(-c2ccc(O)cc2)cc1)c1ccc(OC(=O)c2ccc(-c3ccc(O)cc3)cc2)cc1. The van der Waals surface area contributed by atoms with Crippen molar-refractivity contribution in [3.05, 3.63) is 132 Å². The van der Waals surface area contributed by atoms with Gasteiger partial charge in [0.15, 0.2) is 0 Å². The van der Waals surface area contributed by atoms with E-state index in [1.54, 1.807) is 53.4 Å². The number of carbonyl (C=O) groups excluding carboxylic acids is 2. The van der Waals surface area contributed by atoms with Gasteiger partial charge in [0.05, 0.1) is 5.56 Å². The summed E-state index contributed by atoms with van der Waals surface area (Å²) in [5.74, 6) is 0.234. The van der Waals surface area contributed by atoms with E-state index >= 15 is 0 Å². The maximum absolute atomic E-state index is 13.8. The molecule has 2 N–H and O–H groups in total. The number of carbonyl (C=O) groups is 2. The topological polar surface area (TPSA) is 87.1 Å². The van der Waals surface area contributed by atoms with Crippen LogP contribution in [0.5, 0.6) is 17.2 Å². The molecule has 5 aromatic carbocycles. The Balaban J connectivity index is 1.27. The van der Waals surface area contributed by atoms with Crippen molar-refractivity contribution < 1.29 is 24.5 Å². The molecule has 46 heavy (non-hydrogen) atoms. The van der Waals surface area contributed by atoms with Crippen LogP contribution in [0.4, 0.5) is 5.69 Å². The van der Waals surface area contributed by atoms with E-state index in [2.05, 4.69) is 6.92 Å². The molecule has 0 atom stereocenters. The highest BCUT2D eigenvalue weighted by Gasteiger charge is 2.18. The molecule has 0 spiro atoms. The van der Waals surface area contributed by atoms with Gasteiger partial charge in [-0.1, -0.05) is 87.6 Å². The van der Waals surface area contributed by atoms with Crippen molar-refractivity contribution in [2.45, 2.75) is 45.4 Å². The van der Waals surface area contributed by atoms with Gasteiger partial charge >= 0.3 is 5.97 Å². The lowest BCUT2D eigenvalue weighted by Gasteiger charge is -2.23. The van der Waals surface area contributed by atoms with Crippen LogP contribution in [0.2, 0.25) is 0 Å². The number of esters is 1. The summed E-state index contributed by atoms with van der Waals surface area (Å²) in [7, 11) is 0. The molecule has 0 aliphatic heterocycles. The van der Waals surface area contributed by atoms with E-state index in [1.807, 2.05) is 72.8 Å². The lowest BCUT2D eigenvalue weighted by atomic mass is 10.0. The Morgan fingerprint density at radius 3 is 1.48 bits per heavy atom. The first kappa shape index (κ1) is 32.0. The molecule has 0 saturated heterocycles. The fraction of sp³-hybridized carbons (Fsp3) is 0.200. The molecule has 0 unspecified atom stereocenters. The Kier molecular flexibility index (Phi) is 10.9. The highest BCUT2D eigenvalue weighted by Crippen LogP contribution is 2.27. The normalized spacial score (nSPS) is 10.8. The second-order valence-corrected chi connectivity index (χ2v) is 11.4. The van der Waals surface area contributed by atoms with Crippen molar-refractivity contribution in [1.29, 1.82) is 0 Å². The summed E-state index contributed by atoms with van der Waals surface area (Å²) in [5, 5.41) is 19.1. The standard InChI is InChI=1S/C40H39NO5/c1-2-3-4-5-6-7-28-41(39(44)33-12-8-29(9-13-33)31-16-22-36(42)23-17-31)35-20-26-38(27-21-35)46-40(45)34-14-10-30(11-15-34)32-18-24-37(43)25-19-32/h8-27,42-43H,2-7,28H2,1H3. The molecular weight excluding hydrogens is 574 g/mol. The van der Waals surface area contributed by atoms with Crippen molar-refractivity contribution in [1.82, 2.24) is 0 Å². The van der Waals surface area contributed by atoms with Crippen LogP contribution in [0.15, 0.2) is 121 Å². The van der Waals surface area contributed by atoms with E-state index in [1.165, 1.54) is 19.3 Å². The Bertz CT molecular complexity index is 1710. The lowest BCUT2D eigenvalue weighted by molar-refractivity contribution is 0.0734. The highest BCUT2D eigenvalue weighted by atomic mass is 16.5. The second-order valence-electron chi connectivity index (χ2n) is 11.4. The summed E-state index contributed by atoms with van der Waals surface area (Å²) in [5.41, 5.74) is 5.51. The van der Waals surface area contributed by atoms with E-state index in [4.69, 9.17) is 4.74 Å². The number of unbranched alkanes of at least 4 members (excludes halogenated alkanes) is 5. The van der Waals surface area contributed by atoms with Crippen molar-refractivity contribution in [3.63, 3.8) is 0 Å². The summed E-state index contributed by atoms with van der Waals surface area (Å²) >= 11 is 0. The Hall–Kier alpha value is -5.36. The van der Waals surface area contributed by atoms with Gasteiger partial charge < -0.3 is 19.8 Å². The van der Waals surface area contributed by atoms with E-state index in [-0.39, 0.29) is 17.4 Å². The molecule has 6 nitrogen and oxygen atoms in total. The van der Waals surface area contributed by atoms with Crippen LogP contribution in [0.25, 0.3) is 22.3 Å². The molecule has 0 heterocycles. The first-order chi connectivity index (χ1) is 22.4. The van der Waals surface area contributed by atoms with E-state index in [0.29, 0.717) is 23.4 Å². The van der Waals surface area contributed by atoms with Gasteiger partial charge in [0.25, 0.3) is 5.91 Å². The van der Waals surface area contributed by atoms with Crippen molar-refractivity contribution in [3.8, 4) is 39.5 Å². The zero-order valence-electron chi connectivity index (χ0n) is 26.1. The quantitative estimate of drug-likeness (QED) is 0.0784. The van der Waals surface area contributed by atoms with Gasteiger partial charge in [0.1, 0.15) is 17.2 Å². The van der Waals surface area contributed by atoms with Crippen LogP contribution in [0.3, 0.4) is 0 Å². The summed E-state index contributed by atoms with van der Waals surface area (Å²) in [4.78, 5) is 28.5. The largest absolute Gasteiger partial charge is 0.508 e. The minimum Gasteiger partial charge on any atom is -0.508 e. The number of anilines is 1. The fourth-order valence-electron chi connectivity index (χ4n) is 5.33. The fourth-order valence-corrected chi connectivity index (χ4v) is 5.33. The van der Waals surface area contributed by atoms with Crippen molar-refractivity contribution in [2.75, 3.05) is 11.4 Å². The Morgan fingerprint density at radius 2 is 0.978 bits per heavy atom. The number of aromatic hydroxyl groups is 2. The second kappa shape index (κ2) is 15.6. The molecule has 0 fully saturated rings. The van der Waals surface area contributed by atoms with E-state index < -0.39 is 5.97 Å². The van der Waals surface area contributed by atoms with Gasteiger partial charge in [0.2, 0.25) is 0 Å². The zero-order chi connectivity index (χ0) is 32.3. The van der Waals surface area contributed by atoms with Gasteiger partial charge in [-0.2, -0.15) is 0 Å². The van der Waals surface area contributed by atoms with Gasteiger partial charge in [-0.05, 0) is 101 Å². The third-order valence-electron chi connectivity index (χ3n) is 7.99. The monoisotopic (exact) mass is 613 g/mol. The van der Waals surface area contributed by atoms with Gasteiger partial charge in [-0.25, -0.2) is 4.79 Å². The number of amides is 1. The third kappa shape index (κ3) is 8.42. The lowest BCUT2D eigenvalue weighted by Crippen LogP contribution is -2.32. The third-order valence-corrected chi connectivity index (χ3v) is 7.99. The molecular formula is C40H39NO5. The Labute approximate surface area is 270 Å². The zero-order valence-corrected chi connectivity index (χ0v) is 26.1. The predicted octanol–water partition coefficient (Wildman–Crippen LogP) is 9.66. The average Bonchev–Trinajstić information content (AvgIpc) is 3.09. The van der Waals surface area contributed by atoms with Crippen LogP contribution in [0, 0.1) is 0 Å². The minimum absolute atomic E-state index is 0.0933. The van der Waals surface area contributed by atoms with Gasteiger partial charge in [0, 0.05) is 17.8 Å². The molecule has 0 saturated carbocycles. The number of benzene rings is 5. The van der Waals surface area contributed by atoms with E-state index in [0.717, 1.165) is 47.2 Å². The van der Waals surface area contributed by atoms with Crippen molar-refractivity contribution >= 4 is 17.6 Å². The molecule has 234 valence electrons. The molecule has 0 aromatic heterocycles. The first-order valence-electron chi connectivity index (χ1n) is 15.8. The Morgan fingerprint density at radius 1 is 0.543 bits per heavy atom. The number of phenolic OH excluding ortho intramolecular Hbond substituents is 2. The molecule has 0 aliphatic rings. The molecule has 6 heteroatoms. The maximum Gasteiger partial charge on any atom is 0.343 e. The highest BCUT2D eigenvalue weighted by molar-refractivity contribution is 6.06. The number of nitrogens with zero attached hydrogens (tertiary/aromatic N) is 1. The van der Waals surface area contributed by atoms with Crippen LogP contribution < -0.4 is 9.64 Å². The summed E-state index contributed by atoms with van der Waals surface area (Å²) < 4.78 is 5.65. The molecule has 1 amide bonds. The van der Waals surface area contributed by atoms with Crippen molar-refractivity contribution in [2.24, 2.45) is 0 Å². The number of phenols is 2. The number of ether oxygens (including phenoxy) is 1. The molecule has 5 rings (SSSR count). The molecule has 5 aromatic rings. The smallest absolute Gasteiger partial charge is 0.343 e. The first-order valence-corrected chi connectivity index (χ1v) is 15.8. The maximum atomic E-state index is 13.8. The van der Waals surface area contributed by atoms with Crippen LogP contribution in [-0.4, -0.2) is 28.6 Å². The summed E-state index contributed by atoms with van der Waals surface area (Å²) in [6.45, 7) is 2.78. The van der Waals surface area contributed by atoms with Crippen LogP contribution >= 0.6 is 0 Å². The van der Waals surface area contributed by atoms with Gasteiger partial charge in [-0.15, -0.1) is 0 Å². The summed E-state index contributed by atoms with van der Waals surface area (Å²) in [6, 6.07) is 35.5. The number of hydrogen-bond donors (Lipinski definition) is 2. The molecule has 0 aliphatic carbocycles. The van der Waals surface area contributed by atoms with E-state index in [9.17, 15) is 19.8 Å². The van der Waals surface area contributed by atoms with Crippen LogP contribution in [0.1, 0.15) is 66.2 Å². The number of rotatable bonds is 13. The molecule has 0 bridgehead atoms.